The van der Waals surface area contributed by atoms with Gasteiger partial charge >= 0.3 is 11.9 Å². The fourth-order valence-corrected chi connectivity index (χ4v) is 6.62. The van der Waals surface area contributed by atoms with Crippen LogP contribution in [0.1, 0.15) is 95.2 Å². The van der Waals surface area contributed by atoms with Crippen molar-refractivity contribution in [1.29, 1.82) is 0 Å². The van der Waals surface area contributed by atoms with Gasteiger partial charge in [-0.1, -0.05) is 41.0 Å². The van der Waals surface area contributed by atoms with Gasteiger partial charge in [0.25, 0.3) is 5.91 Å². The molecule has 9 nitrogen and oxygen atoms in total. The van der Waals surface area contributed by atoms with Crippen LogP contribution in [-0.2, 0) is 23.9 Å². The Kier molecular flexibility index (Phi) is 8.71. The Labute approximate surface area is 223 Å². The van der Waals surface area contributed by atoms with Gasteiger partial charge in [0, 0.05) is 43.3 Å². The van der Waals surface area contributed by atoms with Crippen LogP contribution >= 0.6 is 11.3 Å². The first-order chi connectivity index (χ1) is 17.3. The second-order valence-corrected chi connectivity index (χ2v) is 12.3. The number of hydrogen-bond acceptors (Lipinski definition) is 8. The zero-order chi connectivity index (χ0) is 27.7. The molecule has 4 atom stereocenters. The molecular weight excluding hydrogens is 494 g/mol. The quantitative estimate of drug-likeness (QED) is 0.400. The number of methoxy groups -OCH3 is 1. The van der Waals surface area contributed by atoms with E-state index in [0.29, 0.717) is 30.7 Å². The summed E-state index contributed by atoms with van der Waals surface area (Å²) in [6.45, 7) is 11.5. The van der Waals surface area contributed by atoms with Crippen molar-refractivity contribution >= 4 is 35.1 Å². The van der Waals surface area contributed by atoms with Gasteiger partial charge in [0.15, 0.2) is 6.10 Å². The van der Waals surface area contributed by atoms with Crippen molar-refractivity contribution in [3.8, 4) is 0 Å². The molecule has 1 aromatic heterocycles. The van der Waals surface area contributed by atoms with E-state index in [1.807, 2.05) is 27.8 Å². The van der Waals surface area contributed by atoms with Crippen LogP contribution in [0.5, 0.6) is 0 Å². The predicted molar refractivity (Wildman–Crippen MR) is 140 cm³/mol. The summed E-state index contributed by atoms with van der Waals surface area (Å²) in [7, 11) is 3.19. The van der Waals surface area contributed by atoms with Crippen LogP contribution in [0.2, 0.25) is 0 Å². The smallest absolute Gasteiger partial charge is 0.312 e. The summed E-state index contributed by atoms with van der Waals surface area (Å²) in [5.74, 6) is -0.646. The highest BCUT2D eigenvalue weighted by molar-refractivity contribution is 7.09. The van der Waals surface area contributed by atoms with Crippen LogP contribution in [0, 0.1) is 23.2 Å². The summed E-state index contributed by atoms with van der Waals surface area (Å²) in [6.07, 6.45) is 2.36. The van der Waals surface area contributed by atoms with Crippen molar-refractivity contribution in [2.45, 2.75) is 91.3 Å². The second-order valence-electron chi connectivity index (χ2n) is 11.4. The van der Waals surface area contributed by atoms with Gasteiger partial charge in [-0.3, -0.25) is 19.2 Å². The molecule has 3 aliphatic rings. The lowest BCUT2D eigenvalue weighted by atomic mass is 9.39. The van der Waals surface area contributed by atoms with Crippen molar-refractivity contribution in [3.63, 3.8) is 0 Å². The van der Waals surface area contributed by atoms with Crippen LogP contribution in [0.3, 0.4) is 0 Å². The van der Waals surface area contributed by atoms with Crippen molar-refractivity contribution in [1.82, 2.24) is 15.2 Å². The number of carbonyl (C=O) groups excluding carboxylic acids is 4. The first kappa shape index (κ1) is 29.1. The third-order valence-electron chi connectivity index (χ3n) is 8.32. The van der Waals surface area contributed by atoms with Crippen molar-refractivity contribution in [2.24, 2.45) is 23.2 Å². The summed E-state index contributed by atoms with van der Waals surface area (Å²) in [5, 5.41) is 5.21. The average molecular weight is 536 g/mol. The first-order valence-electron chi connectivity index (χ1n) is 13.1. The molecule has 0 unspecified atom stereocenters. The minimum Gasteiger partial charge on any atom is -0.469 e. The second kappa shape index (κ2) is 11.1. The first-order valence-corrected chi connectivity index (χ1v) is 14.0. The van der Waals surface area contributed by atoms with E-state index >= 15 is 0 Å². The van der Waals surface area contributed by atoms with E-state index in [1.165, 1.54) is 25.4 Å². The Bertz CT molecular complexity index is 1020. The number of amides is 2. The molecular formula is C27H41N3O6S. The highest BCUT2D eigenvalue weighted by atomic mass is 32.1. The van der Waals surface area contributed by atoms with Gasteiger partial charge < -0.3 is 19.7 Å². The highest BCUT2D eigenvalue weighted by Gasteiger charge is 2.73. The lowest BCUT2D eigenvalue weighted by Gasteiger charge is -2.68. The number of thiazole rings is 1. The van der Waals surface area contributed by atoms with E-state index in [4.69, 9.17) is 9.47 Å². The van der Waals surface area contributed by atoms with Gasteiger partial charge in [0.05, 0.1) is 12.5 Å². The summed E-state index contributed by atoms with van der Waals surface area (Å²) in [5.41, 5.74) is -0.565. The van der Waals surface area contributed by atoms with Crippen LogP contribution < -0.4 is 5.32 Å². The molecule has 0 aromatic carbocycles. The van der Waals surface area contributed by atoms with Gasteiger partial charge in [-0.15, -0.1) is 11.3 Å². The number of carbonyl (C=O) groups is 4. The zero-order valence-electron chi connectivity index (χ0n) is 23.3. The topological polar surface area (TPSA) is 115 Å². The van der Waals surface area contributed by atoms with E-state index in [0.717, 1.165) is 6.42 Å². The molecule has 206 valence electrons. The Morgan fingerprint density at radius 1 is 1.16 bits per heavy atom. The van der Waals surface area contributed by atoms with E-state index in [-0.39, 0.29) is 52.8 Å². The van der Waals surface area contributed by atoms with Gasteiger partial charge in [-0.05, 0) is 31.1 Å². The monoisotopic (exact) mass is 535 g/mol. The molecule has 3 saturated carbocycles. The van der Waals surface area contributed by atoms with E-state index in [1.54, 1.807) is 10.3 Å². The zero-order valence-corrected chi connectivity index (χ0v) is 24.1. The molecule has 1 aromatic rings. The molecule has 1 heterocycles. The molecule has 2 bridgehead atoms. The van der Waals surface area contributed by atoms with Crippen LogP contribution in [0.4, 0.5) is 0 Å². The number of aromatic nitrogens is 1. The number of ether oxygens (including phenoxy) is 2. The SMILES string of the molecule is CC[C@@H](C)[C@H](C)C(=O)N(C)[C@H](C[C@@H](OC(C)=O)c1nc(C(=O)NC23CC(C(=O)OC)(C2)C3)cs1)C(C)C. The van der Waals surface area contributed by atoms with Gasteiger partial charge in [-0.2, -0.15) is 0 Å². The minimum atomic E-state index is -0.678. The molecule has 10 heteroatoms. The molecule has 0 saturated heterocycles. The fourth-order valence-electron chi connectivity index (χ4n) is 5.78. The summed E-state index contributed by atoms with van der Waals surface area (Å²) in [4.78, 5) is 56.3. The Morgan fingerprint density at radius 3 is 2.30 bits per heavy atom. The Morgan fingerprint density at radius 2 is 1.78 bits per heavy atom. The Balaban J connectivity index is 1.71. The third kappa shape index (κ3) is 5.84. The average Bonchev–Trinajstić information content (AvgIpc) is 3.30. The molecule has 3 aliphatic carbocycles. The molecule has 1 N–H and O–H groups in total. The number of nitrogens with one attached hydrogen (secondary N) is 1. The van der Waals surface area contributed by atoms with Crippen molar-refractivity contribution in [3.05, 3.63) is 16.1 Å². The van der Waals surface area contributed by atoms with Crippen LogP contribution in [0.15, 0.2) is 5.38 Å². The van der Waals surface area contributed by atoms with Crippen LogP contribution in [0.25, 0.3) is 0 Å². The summed E-state index contributed by atoms with van der Waals surface area (Å²) < 4.78 is 10.5. The fraction of sp³-hybridized carbons (Fsp3) is 0.741. The molecule has 0 radical (unpaired) electrons. The highest BCUT2D eigenvalue weighted by Crippen LogP contribution is 2.67. The maximum atomic E-state index is 13.2. The van der Waals surface area contributed by atoms with Crippen molar-refractivity contribution in [2.75, 3.05) is 14.2 Å². The summed E-state index contributed by atoms with van der Waals surface area (Å²) in [6, 6.07) is -0.181. The third-order valence-corrected chi connectivity index (χ3v) is 9.26. The minimum absolute atomic E-state index is 0.0668. The molecule has 4 rings (SSSR count). The van der Waals surface area contributed by atoms with Gasteiger partial charge in [0.1, 0.15) is 10.7 Å². The van der Waals surface area contributed by atoms with Gasteiger partial charge in [-0.25, -0.2) is 4.98 Å². The van der Waals surface area contributed by atoms with Crippen molar-refractivity contribution < 1.29 is 28.7 Å². The van der Waals surface area contributed by atoms with E-state index in [9.17, 15) is 19.2 Å². The number of hydrogen-bond donors (Lipinski definition) is 1. The number of rotatable bonds is 12. The maximum absolute atomic E-state index is 13.2. The lowest BCUT2D eigenvalue weighted by Crippen LogP contribution is -2.77. The Hall–Kier alpha value is -2.49. The predicted octanol–water partition coefficient (Wildman–Crippen LogP) is 4.13. The van der Waals surface area contributed by atoms with Crippen LogP contribution in [-0.4, -0.2) is 59.4 Å². The molecule has 2 amide bonds. The lowest BCUT2D eigenvalue weighted by molar-refractivity contribution is -0.199. The molecule has 37 heavy (non-hydrogen) atoms. The number of esters is 2. The van der Waals surface area contributed by atoms with E-state index in [2.05, 4.69) is 24.1 Å². The standard InChI is InChI=1S/C27H41N3O6S/c1-9-16(4)17(5)24(33)30(7)20(15(2)3)10-21(36-18(6)31)23-28-19(11-37-23)22(32)29-27-12-26(13-27,14-27)25(34)35-8/h11,15-17,20-21H,9-10,12-14H2,1-8H3,(H,29,32)/t16-,17+,20-,21-,26?,27?/m1/s1. The normalized spacial score (nSPS) is 25.1. The van der Waals surface area contributed by atoms with E-state index < -0.39 is 17.5 Å². The summed E-state index contributed by atoms with van der Waals surface area (Å²) >= 11 is 1.26. The maximum Gasteiger partial charge on any atom is 0.312 e. The molecule has 0 spiro atoms. The number of nitrogens with zero attached hydrogens (tertiary/aromatic N) is 2. The molecule has 3 fully saturated rings. The van der Waals surface area contributed by atoms with Gasteiger partial charge in [0.2, 0.25) is 5.91 Å². The largest absolute Gasteiger partial charge is 0.469 e. The molecule has 0 aliphatic heterocycles.